The van der Waals surface area contributed by atoms with Crippen LogP contribution in [0.5, 0.6) is 0 Å². The Morgan fingerprint density at radius 1 is 1.04 bits per heavy atom. The fourth-order valence-corrected chi connectivity index (χ4v) is 4.32. The third-order valence-electron chi connectivity index (χ3n) is 4.93. The van der Waals surface area contributed by atoms with Crippen molar-refractivity contribution in [2.75, 3.05) is 30.3 Å². The van der Waals surface area contributed by atoms with Gasteiger partial charge in [-0.25, -0.2) is 8.42 Å². The molecule has 1 aliphatic heterocycles. The van der Waals surface area contributed by atoms with E-state index in [1.54, 1.807) is 19.1 Å². The van der Waals surface area contributed by atoms with E-state index in [0.717, 1.165) is 31.9 Å². The molecule has 4 nitrogen and oxygen atoms in total. The minimum absolute atomic E-state index is 0.0982. The van der Waals surface area contributed by atoms with E-state index < -0.39 is 9.84 Å². The number of piperazine rings is 1. The Bertz CT molecular complexity index is 912. The largest absolute Gasteiger partial charge is 0.355 e. The molecule has 2 aromatic carbocycles. The number of hydrogen-bond donors (Lipinski definition) is 0. The summed E-state index contributed by atoms with van der Waals surface area (Å²) < 4.78 is 24.1. The second kappa shape index (κ2) is 8.60. The number of nitrogens with zero attached hydrogens (tertiary/aromatic N) is 2. The monoisotopic (exact) mass is 382 g/mol. The minimum atomic E-state index is -3.17. The van der Waals surface area contributed by atoms with Gasteiger partial charge in [-0.15, -0.1) is 5.92 Å². The molecule has 0 radical (unpaired) electrons. The second-order valence-corrected chi connectivity index (χ2v) is 9.00. The molecule has 1 heterocycles. The van der Waals surface area contributed by atoms with Crippen LogP contribution in [-0.2, 0) is 16.4 Å². The summed E-state index contributed by atoms with van der Waals surface area (Å²) in [7, 11) is -3.17. The van der Waals surface area contributed by atoms with Crippen molar-refractivity contribution in [2.45, 2.75) is 31.3 Å². The normalized spacial score (nSPS) is 18.0. The van der Waals surface area contributed by atoms with Crippen LogP contribution in [0.15, 0.2) is 59.5 Å². The molecular formula is C22H26N2O2S. The van der Waals surface area contributed by atoms with Crippen molar-refractivity contribution < 1.29 is 8.42 Å². The quantitative estimate of drug-likeness (QED) is 0.745. The van der Waals surface area contributed by atoms with Crippen LogP contribution < -0.4 is 4.90 Å². The smallest absolute Gasteiger partial charge is 0.178 e. The van der Waals surface area contributed by atoms with Crippen molar-refractivity contribution >= 4 is 15.5 Å². The third-order valence-corrected chi connectivity index (χ3v) is 6.68. The molecule has 2 aromatic rings. The number of sulfone groups is 1. The van der Waals surface area contributed by atoms with Crippen molar-refractivity contribution in [3.05, 3.63) is 60.2 Å². The first-order chi connectivity index (χ1) is 13.0. The van der Waals surface area contributed by atoms with Crippen LogP contribution in [0.4, 0.5) is 5.69 Å². The summed E-state index contributed by atoms with van der Waals surface area (Å²) in [6, 6.07) is 17.8. The molecule has 0 amide bonds. The molecule has 0 spiro atoms. The van der Waals surface area contributed by atoms with Crippen LogP contribution in [0.3, 0.4) is 0 Å². The number of benzene rings is 2. The van der Waals surface area contributed by atoms with Gasteiger partial charge in [-0.2, -0.15) is 0 Å². The molecule has 0 unspecified atom stereocenters. The maximum Gasteiger partial charge on any atom is 0.178 e. The Morgan fingerprint density at radius 2 is 1.74 bits per heavy atom. The molecule has 1 atom stereocenters. The van der Waals surface area contributed by atoms with Crippen LogP contribution in [0, 0.1) is 11.8 Å². The van der Waals surface area contributed by atoms with E-state index >= 15 is 0 Å². The lowest BCUT2D eigenvalue weighted by Gasteiger charge is -2.40. The molecule has 142 valence electrons. The first kappa shape index (κ1) is 19.5. The molecule has 0 bridgehead atoms. The average molecular weight is 383 g/mol. The summed E-state index contributed by atoms with van der Waals surface area (Å²) in [5.74, 6) is 6.49. The highest BCUT2D eigenvalue weighted by molar-refractivity contribution is 7.91. The first-order valence-corrected chi connectivity index (χ1v) is 11.0. The zero-order chi connectivity index (χ0) is 19.3. The van der Waals surface area contributed by atoms with Gasteiger partial charge in [0.05, 0.1) is 10.6 Å². The fourth-order valence-electron chi connectivity index (χ4n) is 3.44. The lowest BCUT2D eigenvalue weighted by molar-refractivity contribution is 0.232. The standard InChI is InChI=1S/C22H26N2O2S/c1-3-8-21-18-23(17-19-9-6-5-7-10-19)15-16-24(21)20-11-13-22(14-12-20)27(25,26)4-2/h5-7,9-14,21H,4,15-18H2,1-2H3/t21-/m0/s1. The first-order valence-electron chi connectivity index (χ1n) is 9.31. The maximum absolute atomic E-state index is 12.0. The van der Waals surface area contributed by atoms with E-state index in [-0.39, 0.29) is 11.8 Å². The third kappa shape index (κ3) is 4.71. The van der Waals surface area contributed by atoms with Gasteiger partial charge in [0.1, 0.15) is 6.04 Å². The lowest BCUT2D eigenvalue weighted by Crippen LogP contribution is -2.52. The molecule has 0 N–H and O–H groups in total. The summed E-state index contributed by atoms with van der Waals surface area (Å²) in [5.41, 5.74) is 2.33. The molecule has 3 rings (SSSR count). The van der Waals surface area contributed by atoms with Gasteiger partial charge in [-0.1, -0.05) is 43.2 Å². The number of hydrogen-bond acceptors (Lipinski definition) is 4. The molecule has 1 saturated heterocycles. The van der Waals surface area contributed by atoms with Crippen molar-refractivity contribution in [2.24, 2.45) is 0 Å². The molecule has 0 aliphatic carbocycles. The maximum atomic E-state index is 12.0. The minimum Gasteiger partial charge on any atom is -0.355 e. The Kier molecular flexibility index (Phi) is 6.20. The molecule has 1 fully saturated rings. The molecule has 27 heavy (non-hydrogen) atoms. The van der Waals surface area contributed by atoms with Crippen LogP contribution in [0.1, 0.15) is 19.4 Å². The summed E-state index contributed by atoms with van der Waals surface area (Å²) in [4.78, 5) is 5.09. The zero-order valence-corrected chi connectivity index (χ0v) is 16.7. The van der Waals surface area contributed by atoms with Crippen LogP contribution in [-0.4, -0.2) is 44.7 Å². The van der Waals surface area contributed by atoms with Gasteiger partial charge in [-0.05, 0) is 36.8 Å². The molecular weight excluding hydrogens is 356 g/mol. The lowest BCUT2D eigenvalue weighted by atomic mass is 10.1. The van der Waals surface area contributed by atoms with Gasteiger partial charge in [0.2, 0.25) is 0 Å². The van der Waals surface area contributed by atoms with Gasteiger partial charge in [-0.3, -0.25) is 4.90 Å². The Balaban J connectivity index is 1.75. The van der Waals surface area contributed by atoms with Crippen molar-refractivity contribution in [3.63, 3.8) is 0 Å². The van der Waals surface area contributed by atoms with E-state index in [1.807, 2.05) is 25.1 Å². The molecule has 5 heteroatoms. The molecule has 0 saturated carbocycles. The Labute approximate surface area is 162 Å². The van der Waals surface area contributed by atoms with Crippen LogP contribution in [0.2, 0.25) is 0 Å². The average Bonchev–Trinajstić information content (AvgIpc) is 2.69. The summed E-state index contributed by atoms with van der Waals surface area (Å²) in [6.45, 7) is 7.14. The van der Waals surface area contributed by atoms with Crippen molar-refractivity contribution in [1.29, 1.82) is 0 Å². The van der Waals surface area contributed by atoms with Gasteiger partial charge < -0.3 is 4.90 Å². The summed E-state index contributed by atoms with van der Waals surface area (Å²) in [6.07, 6.45) is 0. The van der Waals surface area contributed by atoms with Gasteiger partial charge >= 0.3 is 0 Å². The van der Waals surface area contributed by atoms with Gasteiger partial charge in [0, 0.05) is 31.9 Å². The molecule has 1 aliphatic rings. The SMILES string of the molecule is CC#C[C@H]1CN(Cc2ccccc2)CCN1c1ccc(S(=O)(=O)CC)cc1. The predicted octanol–water partition coefficient (Wildman–Crippen LogP) is 3.19. The Hall–Kier alpha value is -2.29. The van der Waals surface area contributed by atoms with Gasteiger partial charge in [0.15, 0.2) is 9.84 Å². The zero-order valence-electron chi connectivity index (χ0n) is 15.9. The topological polar surface area (TPSA) is 40.6 Å². The highest BCUT2D eigenvalue weighted by Gasteiger charge is 2.26. The number of rotatable bonds is 5. The van der Waals surface area contributed by atoms with E-state index in [1.165, 1.54) is 5.56 Å². The predicted molar refractivity (Wildman–Crippen MR) is 110 cm³/mol. The molecule has 0 aromatic heterocycles. The van der Waals surface area contributed by atoms with Crippen LogP contribution >= 0.6 is 0 Å². The summed E-state index contributed by atoms with van der Waals surface area (Å²) in [5, 5.41) is 0. The van der Waals surface area contributed by atoms with E-state index in [4.69, 9.17) is 0 Å². The van der Waals surface area contributed by atoms with Gasteiger partial charge in [0.25, 0.3) is 0 Å². The van der Waals surface area contributed by atoms with Crippen molar-refractivity contribution in [3.8, 4) is 11.8 Å². The van der Waals surface area contributed by atoms with Crippen LogP contribution in [0.25, 0.3) is 0 Å². The van der Waals surface area contributed by atoms with Crippen molar-refractivity contribution in [1.82, 2.24) is 4.90 Å². The fraction of sp³-hybridized carbons (Fsp3) is 0.364. The highest BCUT2D eigenvalue weighted by Crippen LogP contribution is 2.24. The number of anilines is 1. The van der Waals surface area contributed by atoms with E-state index in [2.05, 4.69) is 45.9 Å². The second-order valence-electron chi connectivity index (χ2n) is 6.72. The van der Waals surface area contributed by atoms with E-state index in [9.17, 15) is 8.42 Å². The summed E-state index contributed by atoms with van der Waals surface area (Å²) >= 11 is 0. The van der Waals surface area contributed by atoms with E-state index in [0.29, 0.717) is 4.90 Å². The highest BCUT2D eigenvalue weighted by atomic mass is 32.2. The Morgan fingerprint density at radius 3 is 2.37 bits per heavy atom.